The van der Waals surface area contributed by atoms with Gasteiger partial charge in [-0.15, -0.1) is 0 Å². The molecular formula is C16H15N5O2. The van der Waals surface area contributed by atoms with Gasteiger partial charge in [-0.05, 0) is 23.3 Å². The third-order valence-electron chi connectivity index (χ3n) is 3.35. The monoisotopic (exact) mass is 309 g/mol. The number of benzene rings is 1. The zero-order valence-electron chi connectivity index (χ0n) is 12.3. The summed E-state index contributed by atoms with van der Waals surface area (Å²) in [5.41, 5.74) is 1.75. The molecule has 0 spiro atoms. The van der Waals surface area contributed by atoms with Crippen LogP contribution in [0, 0.1) is 0 Å². The van der Waals surface area contributed by atoms with E-state index in [0.29, 0.717) is 13.1 Å². The Morgan fingerprint density at radius 2 is 1.96 bits per heavy atom. The van der Waals surface area contributed by atoms with Gasteiger partial charge in [-0.25, -0.2) is 9.67 Å². The second-order valence-electron chi connectivity index (χ2n) is 5.01. The molecule has 2 N–H and O–H groups in total. The van der Waals surface area contributed by atoms with E-state index in [9.17, 15) is 9.59 Å². The van der Waals surface area contributed by atoms with Crippen LogP contribution in [0.1, 0.15) is 21.5 Å². The molecule has 1 aromatic carbocycles. The number of aromatic nitrogens is 4. The van der Waals surface area contributed by atoms with E-state index >= 15 is 0 Å². The SMILES string of the molecule is O=C(NCc1ccc(Cn2cncn2)cc1)c1ccc[nH]c1=O. The molecule has 7 heteroatoms. The molecule has 116 valence electrons. The zero-order valence-corrected chi connectivity index (χ0v) is 12.3. The van der Waals surface area contributed by atoms with Gasteiger partial charge in [0.05, 0.1) is 6.54 Å². The number of carbonyl (C=O) groups excluding carboxylic acids is 1. The molecule has 23 heavy (non-hydrogen) atoms. The average Bonchev–Trinajstić information content (AvgIpc) is 3.07. The summed E-state index contributed by atoms with van der Waals surface area (Å²) in [5, 5.41) is 6.79. The predicted octanol–water partition coefficient (Wildman–Crippen LogP) is 0.945. The maximum absolute atomic E-state index is 12.0. The minimum atomic E-state index is -0.395. The van der Waals surface area contributed by atoms with E-state index < -0.39 is 11.5 Å². The highest BCUT2D eigenvalue weighted by atomic mass is 16.2. The highest BCUT2D eigenvalue weighted by molar-refractivity contribution is 5.93. The smallest absolute Gasteiger partial charge is 0.260 e. The number of hydrogen-bond donors (Lipinski definition) is 2. The summed E-state index contributed by atoms with van der Waals surface area (Å²) in [7, 11) is 0. The molecule has 7 nitrogen and oxygen atoms in total. The maximum atomic E-state index is 12.0. The minimum absolute atomic E-state index is 0.107. The van der Waals surface area contributed by atoms with E-state index in [-0.39, 0.29) is 5.56 Å². The number of amides is 1. The van der Waals surface area contributed by atoms with Crippen LogP contribution in [0.5, 0.6) is 0 Å². The predicted molar refractivity (Wildman–Crippen MR) is 83.8 cm³/mol. The number of aromatic amines is 1. The van der Waals surface area contributed by atoms with Crippen molar-refractivity contribution in [3.63, 3.8) is 0 Å². The third-order valence-corrected chi connectivity index (χ3v) is 3.35. The summed E-state index contributed by atoms with van der Waals surface area (Å²) in [6.45, 7) is 1.00. The molecule has 0 radical (unpaired) electrons. The van der Waals surface area contributed by atoms with E-state index in [2.05, 4.69) is 20.4 Å². The van der Waals surface area contributed by atoms with Crippen molar-refractivity contribution in [2.24, 2.45) is 0 Å². The fourth-order valence-corrected chi connectivity index (χ4v) is 2.14. The molecular weight excluding hydrogens is 294 g/mol. The van der Waals surface area contributed by atoms with Crippen molar-refractivity contribution in [1.29, 1.82) is 0 Å². The van der Waals surface area contributed by atoms with Gasteiger partial charge in [0.25, 0.3) is 11.5 Å². The zero-order chi connectivity index (χ0) is 16.1. The molecule has 0 fully saturated rings. The molecule has 0 aliphatic rings. The van der Waals surface area contributed by atoms with E-state index in [4.69, 9.17) is 0 Å². The van der Waals surface area contributed by atoms with Crippen molar-refractivity contribution >= 4 is 5.91 Å². The standard InChI is InChI=1S/C16H15N5O2/c22-15-14(2-1-7-18-15)16(23)19-8-12-3-5-13(6-4-12)9-21-11-17-10-20-21/h1-7,10-11H,8-9H2,(H,18,22)(H,19,23). The van der Waals surface area contributed by atoms with Crippen LogP contribution in [0.4, 0.5) is 0 Å². The third kappa shape index (κ3) is 3.70. The van der Waals surface area contributed by atoms with Gasteiger partial charge >= 0.3 is 0 Å². The lowest BCUT2D eigenvalue weighted by Gasteiger charge is -2.06. The summed E-state index contributed by atoms with van der Waals surface area (Å²) >= 11 is 0. The van der Waals surface area contributed by atoms with Crippen molar-refractivity contribution in [2.75, 3.05) is 0 Å². The van der Waals surface area contributed by atoms with Gasteiger partial charge in [0.1, 0.15) is 18.2 Å². The van der Waals surface area contributed by atoms with Gasteiger partial charge in [-0.3, -0.25) is 9.59 Å². The first-order chi connectivity index (χ1) is 11.2. The Morgan fingerprint density at radius 3 is 2.65 bits per heavy atom. The Morgan fingerprint density at radius 1 is 1.17 bits per heavy atom. The van der Waals surface area contributed by atoms with Gasteiger partial charge in [0, 0.05) is 12.7 Å². The first-order valence-corrected chi connectivity index (χ1v) is 7.08. The largest absolute Gasteiger partial charge is 0.348 e. The van der Waals surface area contributed by atoms with E-state index in [1.807, 2.05) is 24.3 Å². The maximum Gasteiger partial charge on any atom is 0.260 e. The van der Waals surface area contributed by atoms with Gasteiger partial charge in [0.2, 0.25) is 0 Å². The van der Waals surface area contributed by atoms with Crippen LogP contribution in [0.3, 0.4) is 0 Å². The first kappa shape index (κ1) is 14.7. The lowest BCUT2D eigenvalue weighted by Crippen LogP contribution is -2.28. The van der Waals surface area contributed by atoms with Crippen molar-refractivity contribution in [2.45, 2.75) is 13.1 Å². The molecule has 3 rings (SSSR count). The number of nitrogens with zero attached hydrogens (tertiary/aromatic N) is 3. The van der Waals surface area contributed by atoms with Crippen LogP contribution in [0.25, 0.3) is 0 Å². The summed E-state index contributed by atoms with van der Waals surface area (Å²) in [6.07, 6.45) is 4.65. The van der Waals surface area contributed by atoms with Crippen LogP contribution in [-0.2, 0) is 13.1 Å². The molecule has 0 saturated carbocycles. The van der Waals surface area contributed by atoms with Crippen LogP contribution >= 0.6 is 0 Å². The average molecular weight is 309 g/mol. The van der Waals surface area contributed by atoms with Crippen LogP contribution in [-0.4, -0.2) is 25.7 Å². The summed E-state index contributed by atoms with van der Waals surface area (Å²) in [4.78, 5) is 29.9. The lowest BCUT2D eigenvalue weighted by atomic mass is 10.1. The lowest BCUT2D eigenvalue weighted by molar-refractivity contribution is 0.0949. The Labute approximate surface area is 132 Å². The van der Waals surface area contributed by atoms with Gasteiger partial charge < -0.3 is 10.3 Å². The highest BCUT2D eigenvalue weighted by Crippen LogP contribution is 2.06. The van der Waals surface area contributed by atoms with Crippen molar-refractivity contribution < 1.29 is 4.79 Å². The fraction of sp³-hybridized carbons (Fsp3) is 0.125. The number of H-pyrrole nitrogens is 1. The van der Waals surface area contributed by atoms with Crippen molar-refractivity contribution in [3.05, 3.63) is 82.3 Å². The number of pyridine rings is 1. The molecule has 2 aromatic heterocycles. The highest BCUT2D eigenvalue weighted by Gasteiger charge is 2.08. The second kappa shape index (κ2) is 6.69. The van der Waals surface area contributed by atoms with Gasteiger partial charge in [0.15, 0.2) is 0 Å². The Kier molecular flexibility index (Phi) is 4.28. The molecule has 0 aliphatic carbocycles. The van der Waals surface area contributed by atoms with E-state index in [1.165, 1.54) is 18.6 Å². The fourth-order valence-electron chi connectivity index (χ4n) is 2.14. The molecule has 3 aromatic rings. The second-order valence-corrected chi connectivity index (χ2v) is 5.01. The number of hydrogen-bond acceptors (Lipinski definition) is 4. The summed E-state index contributed by atoms with van der Waals surface area (Å²) in [6, 6.07) is 10.9. The van der Waals surface area contributed by atoms with Crippen LogP contribution in [0.2, 0.25) is 0 Å². The first-order valence-electron chi connectivity index (χ1n) is 7.08. The normalized spacial score (nSPS) is 10.4. The molecule has 0 saturated heterocycles. The van der Waals surface area contributed by atoms with Gasteiger partial charge in [-0.1, -0.05) is 24.3 Å². The molecule has 0 atom stereocenters. The molecule has 0 unspecified atom stereocenters. The van der Waals surface area contributed by atoms with Crippen molar-refractivity contribution in [1.82, 2.24) is 25.1 Å². The van der Waals surface area contributed by atoms with Crippen LogP contribution in [0.15, 0.2) is 60.0 Å². The van der Waals surface area contributed by atoms with E-state index in [0.717, 1.165) is 11.1 Å². The topological polar surface area (TPSA) is 92.7 Å². The Hall–Kier alpha value is -3.22. The Balaban J connectivity index is 1.59. The molecule has 0 aliphatic heterocycles. The minimum Gasteiger partial charge on any atom is -0.348 e. The van der Waals surface area contributed by atoms with Gasteiger partial charge in [-0.2, -0.15) is 5.10 Å². The summed E-state index contributed by atoms with van der Waals surface area (Å²) in [5.74, 6) is -0.390. The Bertz CT molecular complexity index is 837. The quantitative estimate of drug-likeness (QED) is 0.734. The molecule has 1 amide bonds. The summed E-state index contributed by atoms with van der Waals surface area (Å²) < 4.78 is 1.73. The molecule has 0 bridgehead atoms. The van der Waals surface area contributed by atoms with Crippen molar-refractivity contribution in [3.8, 4) is 0 Å². The number of nitrogens with one attached hydrogen (secondary N) is 2. The molecule has 2 heterocycles. The number of rotatable bonds is 5. The van der Waals surface area contributed by atoms with Crippen LogP contribution < -0.4 is 10.9 Å². The van der Waals surface area contributed by atoms with E-state index in [1.54, 1.807) is 17.1 Å². The number of carbonyl (C=O) groups is 1.